The highest BCUT2D eigenvalue weighted by Crippen LogP contribution is 2.29. The van der Waals surface area contributed by atoms with E-state index in [1.165, 1.54) is 23.0 Å². The van der Waals surface area contributed by atoms with Gasteiger partial charge in [-0.25, -0.2) is 8.42 Å². The largest absolute Gasteiger partial charge is 0.495 e. The van der Waals surface area contributed by atoms with Gasteiger partial charge in [-0.15, -0.1) is 0 Å². The van der Waals surface area contributed by atoms with E-state index in [-0.39, 0.29) is 28.4 Å². The van der Waals surface area contributed by atoms with Crippen LogP contribution in [-0.4, -0.2) is 52.0 Å². The fourth-order valence-electron chi connectivity index (χ4n) is 3.40. The van der Waals surface area contributed by atoms with Gasteiger partial charge in [0.05, 0.1) is 26.7 Å². The number of morpholine rings is 1. The van der Waals surface area contributed by atoms with Gasteiger partial charge in [-0.05, 0) is 40.8 Å². The molecule has 168 valence electrons. The number of nitrogens with zero attached hydrogens (tertiary/aromatic N) is 1. The molecular weight excluding hydrogens is 416 g/mol. The number of amides is 1. The first-order valence-corrected chi connectivity index (χ1v) is 11.7. The monoisotopic (exact) mass is 446 g/mol. The van der Waals surface area contributed by atoms with Gasteiger partial charge in [0.1, 0.15) is 10.6 Å². The third-order valence-electron chi connectivity index (χ3n) is 5.22. The predicted molar refractivity (Wildman–Crippen MR) is 120 cm³/mol. The lowest BCUT2D eigenvalue weighted by Gasteiger charge is -2.26. The van der Waals surface area contributed by atoms with Crippen molar-refractivity contribution in [1.82, 2.24) is 4.31 Å². The molecule has 8 heteroatoms. The summed E-state index contributed by atoms with van der Waals surface area (Å²) < 4.78 is 38.1. The minimum Gasteiger partial charge on any atom is -0.495 e. The second-order valence-electron chi connectivity index (χ2n) is 8.55. The lowest BCUT2D eigenvalue weighted by atomic mass is 9.87. The molecule has 1 heterocycles. The SMILES string of the molecule is COc1ccc(CC(=O)Nc2ccc(C(C)(C)C)cc2)cc1S(=O)(=O)N1CCOCC1. The van der Waals surface area contributed by atoms with Crippen molar-refractivity contribution in [1.29, 1.82) is 0 Å². The molecule has 1 aliphatic heterocycles. The Morgan fingerprint density at radius 3 is 2.32 bits per heavy atom. The molecule has 0 unspecified atom stereocenters. The Bertz CT molecular complexity index is 1020. The van der Waals surface area contributed by atoms with E-state index in [0.29, 0.717) is 37.6 Å². The standard InChI is InChI=1S/C23H30N2O5S/c1-23(2,3)18-6-8-19(9-7-18)24-22(26)16-17-5-10-20(29-4)21(15-17)31(27,28)25-11-13-30-14-12-25/h5-10,15H,11-14,16H2,1-4H3,(H,24,26). The average Bonchev–Trinajstić information content (AvgIpc) is 2.74. The van der Waals surface area contributed by atoms with Crippen LogP contribution in [0.4, 0.5) is 5.69 Å². The third-order valence-corrected chi connectivity index (χ3v) is 7.14. The van der Waals surface area contributed by atoms with E-state index in [4.69, 9.17) is 9.47 Å². The summed E-state index contributed by atoms with van der Waals surface area (Å²) in [5.74, 6) is 0.0387. The highest BCUT2D eigenvalue weighted by atomic mass is 32.2. The van der Waals surface area contributed by atoms with E-state index in [1.54, 1.807) is 12.1 Å². The highest BCUT2D eigenvalue weighted by molar-refractivity contribution is 7.89. The molecule has 3 rings (SSSR count). The van der Waals surface area contributed by atoms with Crippen molar-refractivity contribution in [2.24, 2.45) is 0 Å². The third kappa shape index (κ3) is 5.64. The molecule has 0 saturated carbocycles. The smallest absolute Gasteiger partial charge is 0.246 e. The number of sulfonamides is 1. The summed E-state index contributed by atoms with van der Waals surface area (Å²) >= 11 is 0. The van der Waals surface area contributed by atoms with Gasteiger partial charge in [-0.2, -0.15) is 4.31 Å². The van der Waals surface area contributed by atoms with Gasteiger partial charge in [-0.1, -0.05) is 39.0 Å². The minimum absolute atomic E-state index is 0.0357. The fraction of sp³-hybridized carbons (Fsp3) is 0.435. The summed E-state index contributed by atoms with van der Waals surface area (Å²) in [5.41, 5.74) is 2.51. The van der Waals surface area contributed by atoms with E-state index in [0.717, 1.165) is 0 Å². The van der Waals surface area contributed by atoms with E-state index in [9.17, 15) is 13.2 Å². The Morgan fingerprint density at radius 1 is 1.10 bits per heavy atom. The number of ether oxygens (including phenoxy) is 2. The number of anilines is 1. The van der Waals surface area contributed by atoms with E-state index in [2.05, 4.69) is 26.1 Å². The number of nitrogens with one attached hydrogen (secondary N) is 1. The van der Waals surface area contributed by atoms with Crippen LogP contribution in [0.25, 0.3) is 0 Å². The lowest BCUT2D eigenvalue weighted by molar-refractivity contribution is -0.115. The van der Waals surface area contributed by atoms with Crippen LogP contribution in [0.2, 0.25) is 0 Å². The zero-order valence-electron chi connectivity index (χ0n) is 18.5. The molecule has 0 bridgehead atoms. The van der Waals surface area contributed by atoms with Gasteiger partial charge >= 0.3 is 0 Å². The normalized spacial score (nSPS) is 15.5. The molecule has 2 aromatic rings. The highest BCUT2D eigenvalue weighted by Gasteiger charge is 2.29. The number of benzene rings is 2. The quantitative estimate of drug-likeness (QED) is 0.737. The van der Waals surface area contributed by atoms with Crippen LogP contribution in [0.3, 0.4) is 0 Å². The summed E-state index contributed by atoms with van der Waals surface area (Å²) in [5, 5.41) is 2.87. The molecule has 0 radical (unpaired) electrons. The summed E-state index contributed by atoms with van der Waals surface area (Å²) in [7, 11) is -2.31. The molecule has 1 N–H and O–H groups in total. The first-order valence-electron chi connectivity index (χ1n) is 10.3. The first kappa shape index (κ1) is 23.2. The molecule has 0 atom stereocenters. The number of hydrogen-bond donors (Lipinski definition) is 1. The van der Waals surface area contributed by atoms with Gasteiger partial charge in [0, 0.05) is 18.8 Å². The average molecular weight is 447 g/mol. The summed E-state index contributed by atoms with van der Waals surface area (Å²) in [6.07, 6.45) is 0.0522. The second-order valence-corrected chi connectivity index (χ2v) is 10.5. The van der Waals surface area contributed by atoms with Crippen molar-refractivity contribution in [3.63, 3.8) is 0 Å². The van der Waals surface area contributed by atoms with Crippen LogP contribution in [0.1, 0.15) is 31.9 Å². The van der Waals surface area contributed by atoms with Gasteiger partial charge in [-0.3, -0.25) is 4.79 Å². The molecule has 1 saturated heterocycles. The molecule has 1 amide bonds. The maximum Gasteiger partial charge on any atom is 0.246 e. The Morgan fingerprint density at radius 2 is 1.74 bits per heavy atom. The van der Waals surface area contributed by atoms with Crippen molar-refractivity contribution in [2.75, 3.05) is 38.7 Å². The topological polar surface area (TPSA) is 84.9 Å². The molecule has 2 aromatic carbocycles. The zero-order valence-corrected chi connectivity index (χ0v) is 19.3. The predicted octanol–water partition coefficient (Wildman–Crippen LogP) is 3.19. The van der Waals surface area contributed by atoms with Gasteiger partial charge < -0.3 is 14.8 Å². The van der Waals surface area contributed by atoms with Crippen LogP contribution in [0, 0.1) is 0 Å². The van der Waals surface area contributed by atoms with Crippen LogP contribution in [0.5, 0.6) is 5.75 Å². The Hall–Kier alpha value is -2.42. The van der Waals surface area contributed by atoms with Crippen LogP contribution in [0.15, 0.2) is 47.4 Å². The lowest BCUT2D eigenvalue weighted by Crippen LogP contribution is -2.40. The maximum atomic E-state index is 13.1. The second kappa shape index (κ2) is 9.38. The Kier molecular flexibility index (Phi) is 7.03. The van der Waals surface area contributed by atoms with Crippen LogP contribution >= 0.6 is 0 Å². The molecule has 0 aliphatic carbocycles. The van der Waals surface area contributed by atoms with Crippen molar-refractivity contribution in [3.8, 4) is 5.75 Å². The first-order chi connectivity index (χ1) is 14.6. The number of hydrogen-bond acceptors (Lipinski definition) is 5. The molecular formula is C23H30N2O5S. The maximum absolute atomic E-state index is 13.1. The Labute approximate surface area is 184 Å². The minimum atomic E-state index is -3.74. The molecule has 1 fully saturated rings. The van der Waals surface area contributed by atoms with Crippen LogP contribution in [-0.2, 0) is 31.4 Å². The number of rotatable bonds is 6. The molecule has 1 aliphatic rings. The van der Waals surface area contributed by atoms with E-state index in [1.807, 2.05) is 24.3 Å². The number of carbonyl (C=O) groups excluding carboxylic acids is 1. The van der Waals surface area contributed by atoms with Crippen molar-refractivity contribution >= 4 is 21.6 Å². The number of carbonyl (C=O) groups is 1. The van der Waals surface area contributed by atoms with Gasteiger partial charge in [0.2, 0.25) is 15.9 Å². The van der Waals surface area contributed by atoms with Crippen LogP contribution < -0.4 is 10.1 Å². The summed E-state index contributed by atoms with van der Waals surface area (Å²) in [6.45, 7) is 7.70. The molecule has 0 aromatic heterocycles. The van der Waals surface area contributed by atoms with E-state index >= 15 is 0 Å². The van der Waals surface area contributed by atoms with Gasteiger partial charge in [0.25, 0.3) is 0 Å². The molecule has 0 spiro atoms. The summed E-state index contributed by atoms with van der Waals surface area (Å²) in [6, 6.07) is 12.6. The van der Waals surface area contributed by atoms with Crippen molar-refractivity contribution < 1.29 is 22.7 Å². The zero-order chi connectivity index (χ0) is 22.6. The Balaban J connectivity index is 1.76. The molecule has 7 nitrogen and oxygen atoms in total. The fourth-order valence-corrected chi connectivity index (χ4v) is 5.02. The van der Waals surface area contributed by atoms with E-state index < -0.39 is 10.0 Å². The van der Waals surface area contributed by atoms with Crippen molar-refractivity contribution in [3.05, 3.63) is 53.6 Å². The van der Waals surface area contributed by atoms with Crippen molar-refractivity contribution in [2.45, 2.75) is 37.5 Å². The molecule has 31 heavy (non-hydrogen) atoms. The van der Waals surface area contributed by atoms with Gasteiger partial charge in [0.15, 0.2) is 0 Å². The number of methoxy groups -OCH3 is 1. The summed E-state index contributed by atoms with van der Waals surface area (Å²) in [4.78, 5) is 12.6.